The number of carbonyl (C=O) groups is 1. The van der Waals surface area contributed by atoms with Gasteiger partial charge in [0.1, 0.15) is 5.75 Å². The number of benzene rings is 2. The molecule has 2 aliphatic rings. The largest absolute Gasteiger partial charge is 0.431 e. The van der Waals surface area contributed by atoms with Crippen molar-refractivity contribution in [1.29, 1.82) is 0 Å². The Morgan fingerprint density at radius 2 is 1.79 bits per heavy atom. The molecule has 0 saturated carbocycles. The lowest BCUT2D eigenvalue weighted by molar-refractivity contribution is -0.131. The van der Waals surface area contributed by atoms with Crippen LogP contribution in [0.15, 0.2) is 48.5 Å². The number of nitrogens with zero attached hydrogens (tertiary/aromatic N) is 3. The van der Waals surface area contributed by atoms with Crippen molar-refractivity contribution in [3.05, 3.63) is 54.1 Å². The normalized spacial score (nSPS) is 21.6. The van der Waals surface area contributed by atoms with Crippen LogP contribution in [0.1, 0.15) is 5.56 Å². The molecule has 2 aromatic carbocycles. The van der Waals surface area contributed by atoms with Crippen LogP contribution in [0.25, 0.3) is 10.2 Å². The molecule has 2 aliphatic heterocycles. The number of rotatable bonds is 5. The number of amides is 1. The predicted octanol–water partition coefficient (Wildman–Crippen LogP) is 3.95. The van der Waals surface area contributed by atoms with E-state index in [-0.39, 0.29) is 5.91 Å². The van der Waals surface area contributed by atoms with Gasteiger partial charge in [-0.1, -0.05) is 35.6 Å². The van der Waals surface area contributed by atoms with Gasteiger partial charge in [-0.2, -0.15) is 0 Å². The van der Waals surface area contributed by atoms with Crippen LogP contribution >= 0.6 is 11.3 Å². The monoisotopic (exact) mass is 411 g/mol. The quantitative estimate of drug-likeness (QED) is 0.638. The Morgan fingerprint density at radius 3 is 2.48 bits per heavy atom. The number of halogens is 1. The molecule has 1 aromatic heterocycles. The van der Waals surface area contributed by atoms with Gasteiger partial charge in [-0.05, 0) is 41.7 Å². The number of carbonyl (C=O) groups excluding carboxylic acids is 1. The summed E-state index contributed by atoms with van der Waals surface area (Å²) >= 11 is 1.54. The van der Waals surface area contributed by atoms with Crippen LogP contribution in [0.5, 0.6) is 10.9 Å². The van der Waals surface area contributed by atoms with Crippen molar-refractivity contribution in [2.45, 2.75) is 6.54 Å². The van der Waals surface area contributed by atoms with E-state index in [2.05, 4.69) is 22.0 Å². The molecule has 2 unspecified atom stereocenters. The van der Waals surface area contributed by atoms with Gasteiger partial charge < -0.3 is 9.64 Å². The Hall–Kier alpha value is -2.51. The fraction of sp³-hybridized carbons (Fsp3) is 0.364. The van der Waals surface area contributed by atoms with Crippen LogP contribution in [0.4, 0.5) is 4.39 Å². The second kappa shape index (κ2) is 7.72. The molecule has 2 saturated heterocycles. The smallest absolute Gasteiger partial charge is 0.279 e. The van der Waals surface area contributed by atoms with E-state index in [0.717, 1.165) is 35.6 Å². The fourth-order valence-corrected chi connectivity index (χ4v) is 5.26. The number of hydrogen-bond acceptors (Lipinski definition) is 5. The summed E-state index contributed by atoms with van der Waals surface area (Å²) in [5.74, 6) is 1.35. The van der Waals surface area contributed by atoms with Gasteiger partial charge in [0.2, 0.25) is 0 Å². The lowest BCUT2D eigenvalue weighted by Gasteiger charge is -2.21. The average Bonchev–Trinajstić information content (AvgIpc) is 3.41. The van der Waals surface area contributed by atoms with Crippen molar-refractivity contribution in [1.82, 2.24) is 14.8 Å². The minimum atomic E-state index is -0.880. The van der Waals surface area contributed by atoms with Gasteiger partial charge in [-0.15, -0.1) is 0 Å². The number of para-hydroxylation sites is 1. The van der Waals surface area contributed by atoms with Crippen LogP contribution in [0.3, 0.4) is 0 Å². The third-order valence-corrected chi connectivity index (χ3v) is 6.75. The first kappa shape index (κ1) is 18.5. The number of thiazole rings is 1. The maximum atomic E-state index is 12.6. The Bertz CT molecular complexity index is 975. The van der Waals surface area contributed by atoms with E-state index in [0.29, 0.717) is 30.1 Å². The highest BCUT2D eigenvalue weighted by molar-refractivity contribution is 7.20. The summed E-state index contributed by atoms with van der Waals surface area (Å²) in [4.78, 5) is 20.2. The maximum absolute atomic E-state index is 12.6. The van der Waals surface area contributed by atoms with Crippen molar-refractivity contribution in [2.75, 3.05) is 32.9 Å². The molecule has 3 heterocycles. The van der Waals surface area contributed by atoms with E-state index in [9.17, 15) is 9.18 Å². The molecule has 3 aromatic rings. The number of alkyl halides is 1. The van der Waals surface area contributed by atoms with Crippen LogP contribution in [-0.4, -0.2) is 53.5 Å². The van der Waals surface area contributed by atoms with Crippen molar-refractivity contribution in [3.63, 3.8) is 0 Å². The zero-order valence-electron chi connectivity index (χ0n) is 16.0. The zero-order chi connectivity index (χ0) is 19.8. The molecular formula is C22H22FN3O2S. The molecule has 0 bridgehead atoms. The van der Waals surface area contributed by atoms with Crippen LogP contribution in [-0.2, 0) is 11.3 Å². The summed E-state index contributed by atoms with van der Waals surface area (Å²) in [6.45, 7) is 3.31. The first-order chi connectivity index (χ1) is 14.2. The predicted molar refractivity (Wildman–Crippen MR) is 111 cm³/mol. The minimum absolute atomic E-state index is 0.366. The highest BCUT2D eigenvalue weighted by Gasteiger charge is 2.41. The van der Waals surface area contributed by atoms with Gasteiger partial charge in [-0.25, -0.2) is 9.37 Å². The molecular weight excluding hydrogens is 389 g/mol. The molecule has 2 fully saturated rings. The van der Waals surface area contributed by atoms with E-state index in [1.54, 1.807) is 16.2 Å². The number of ether oxygens (including phenoxy) is 1. The minimum Gasteiger partial charge on any atom is -0.431 e. The second-order valence-corrected chi connectivity index (χ2v) is 8.83. The topological polar surface area (TPSA) is 45.7 Å². The van der Waals surface area contributed by atoms with E-state index in [1.165, 1.54) is 5.56 Å². The average molecular weight is 412 g/mol. The van der Waals surface area contributed by atoms with Crippen LogP contribution in [0, 0.1) is 11.8 Å². The molecule has 150 valence electrons. The fourth-order valence-electron chi connectivity index (χ4n) is 4.42. The molecule has 2 atom stereocenters. The van der Waals surface area contributed by atoms with E-state index < -0.39 is 6.67 Å². The molecule has 5 rings (SSSR count). The van der Waals surface area contributed by atoms with Crippen molar-refractivity contribution in [2.24, 2.45) is 11.8 Å². The van der Waals surface area contributed by atoms with Gasteiger partial charge >= 0.3 is 0 Å². The highest BCUT2D eigenvalue weighted by atomic mass is 32.1. The summed E-state index contributed by atoms with van der Waals surface area (Å²) in [5.41, 5.74) is 2.19. The van der Waals surface area contributed by atoms with Crippen LogP contribution in [0.2, 0.25) is 0 Å². The van der Waals surface area contributed by atoms with Crippen LogP contribution < -0.4 is 4.74 Å². The van der Waals surface area contributed by atoms with E-state index >= 15 is 0 Å². The summed E-state index contributed by atoms with van der Waals surface area (Å²) < 4.78 is 19.6. The van der Waals surface area contributed by atoms with E-state index in [1.807, 2.05) is 36.4 Å². The molecule has 29 heavy (non-hydrogen) atoms. The first-order valence-electron chi connectivity index (χ1n) is 9.86. The summed E-state index contributed by atoms with van der Waals surface area (Å²) in [6, 6.07) is 16.2. The Balaban J connectivity index is 1.17. The molecule has 0 radical (unpaired) electrons. The molecule has 0 N–H and O–H groups in total. The van der Waals surface area contributed by atoms with Gasteiger partial charge in [-0.3, -0.25) is 9.69 Å². The standard InChI is InChI=1S/C22H22FN3O2S/c23-9-21(27)26-13-16-11-25(12-17(16)14-26)10-15-5-7-18(8-6-15)28-22-24-19-3-1-2-4-20(19)29-22/h1-8,16-17H,9-14H2. The molecule has 0 spiro atoms. The SMILES string of the molecule is O=C(CF)N1CC2CN(Cc3ccc(Oc4nc5ccccc5s4)cc3)CC2C1. The molecule has 1 amide bonds. The van der Waals surface area contributed by atoms with Gasteiger partial charge in [0.15, 0.2) is 6.67 Å². The number of likely N-dealkylation sites (tertiary alicyclic amines) is 2. The number of fused-ring (bicyclic) bond motifs is 2. The third-order valence-electron chi connectivity index (χ3n) is 5.84. The van der Waals surface area contributed by atoms with Crippen molar-refractivity contribution >= 4 is 27.5 Å². The molecule has 7 heteroatoms. The summed E-state index contributed by atoms with van der Waals surface area (Å²) in [5, 5.41) is 0.652. The molecule has 5 nitrogen and oxygen atoms in total. The highest BCUT2D eigenvalue weighted by Crippen LogP contribution is 2.33. The first-order valence-corrected chi connectivity index (χ1v) is 10.7. The van der Waals surface area contributed by atoms with Gasteiger partial charge in [0.05, 0.1) is 10.2 Å². The summed E-state index contributed by atoms with van der Waals surface area (Å²) in [6.07, 6.45) is 0. The Labute approximate surface area is 172 Å². The number of aromatic nitrogens is 1. The Kier molecular flexibility index (Phi) is 4.93. The third kappa shape index (κ3) is 3.84. The lowest BCUT2D eigenvalue weighted by Crippen LogP contribution is -2.33. The second-order valence-electron chi connectivity index (χ2n) is 7.84. The maximum Gasteiger partial charge on any atom is 0.279 e. The lowest BCUT2D eigenvalue weighted by atomic mass is 10.0. The number of hydrogen-bond donors (Lipinski definition) is 0. The van der Waals surface area contributed by atoms with Crippen molar-refractivity contribution in [3.8, 4) is 10.9 Å². The van der Waals surface area contributed by atoms with Gasteiger partial charge in [0.25, 0.3) is 11.1 Å². The van der Waals surface area contributed by atoms with E-state index in [4.69, 9.17) is 4.74 Å². The Morgan fingerprint density at radius 1 is 1.07 bits per heavy atom. The van der Waals surface area contributed by atoms with Gasteiger partial charge in [0, 0.05) is 32.7 Å². The summed E-state index contributed by atoms with van der Waals surface area (Å²) in [7, 11) is 0. The van der Waals surface area contributed by atoms with Crippen molar-refractivity contribution < 1.29 is 13.9 Å². The molecule has 0 aliphatic carbocycles. The zero-order valence-corrected chi connectivity index (χ0v) is 16.8.